The van der Waals surface area contributed by atoms with E-state index in [1.165, 1.54) is 24.3 Å². The molecule has 0 radical (unpaired) electrons. The molecule has 2 aromatic carbocycles. The summed E-state index contributed by atoms with van der Waals surface area (Å²) in [4.78, 5) is 12.0. The number of esters is 1. The minimum atomic E-state index is -4.68. The molecule has 0 heterocycles. The van der Waals surface area contributed by atoms with E-state index >= 15 is 0 Å². The van der Waals surface area contributed by atoms with Crippen molar-refractivity contribution in [3.63, 3.8) is 0 Å². The molecule has 0 aliphatic rings. The molecule has 2 rings (SSSR count). The Hall–Kier alpha value is -2.34. The molecule has 0 unspecified atom stereocenters. The highest BCUT2D eigenvalue weighted by Crippen LogP contribution is 2.19. The van der Waals surface area contributed by atoms with Crippen LogP contribution in [0, 0.1) is 0 Å². The molecule has 2 aromatic rings. The Morgan fingerprint density at radius 2 is 1.52 bits per heavy atom. The first kappa shape index (κ1) is 17.0. The monoisotopic (exact) mass is 324 g/mol. The van der Waals surface area contributed by atoms with Crippen LogP contribution in [0.2, 0.25) is 0 Å². The molecule has 0 aliphatic carbocycles. The zero-order chi connectivity index (χ0) is 16.9. The van der Waals surface area contributed by atoms with Crippen LogP contribution in [0.15, 0.2) is 48.5 Å². The van der Waals surface area contributed by atoms with Crippen molar-refractivity contribution in [2.75, 3.05) is 0 Å². The maximum atomic E-state index is 12.0. The molecular formula is C17H15F3O3. The van der Waals surface area contributed by atoms with Crippen molar-refractivity contribution in [3.05, 3.63) is 65.2 Å². The Kier molecular flexibility index (Phi) is 5.39. The largest absolute Gasteiger partial charge is 0.522 e. The fraction of sp³-hybridized carbons (Fsp3) is 0.235. The van der Waals surface area contributed by atoms with Gasteiger partial charge in [-0.3, -0.25) is 4.74 Å². The van der Waals surface area contributed by atoms with Crippen LogP contribution in [0.3, 0.4) is 0 Å². The van der Waals surface area contributed by atoms with Crippen molar-refractivity contribution in [3.8, 4) is 5.75 Å². The minimum absolute atomic E-state index is 0.250. The van der Waals surface area contributed by atoms with Gasteiger partial charge in [-0.15, -0.1) is 13.2 Å². The predicted molar refractivity (Wildman–Crippen MR) is 78.1 cm³/mol. The number of hydrogen-bond donors (Lipinski definition) is 0. The summed E-state index contributed by atoms with van der Waals surface area (Å²) < 4.78 is 44.8. The molecule has 0 aromatic heterocycles. The molecule has 0 amide bonds. The number of carbonyl (C=O) groups is 1. The fourth-order valence-corrected chi connectivity index (χ4v) is 1.86. The first-order valence-electron chi connectivity index (χ1n) is 6.98. The van der Waals surface area contributed by atoms with E-state index in [9.17, 15) is 18.0 Å². The summed E-state index contributed by atoms with van der Waals surface area (Å²) in [6.45, 7) is 1.42. The first-order valence-corrected chi connectivity index (χ1v) is 6.98. The van der Waals surface area contributed by atoms with Gasteiger partial charge in [0.1, 0.15) is 5.75 Å². The lowest BCUT2D eigenvalue weighted by atomic mass is 10.1. The molecule has 3 nitrogen and oxygen atoms in total. The molecule has 6 heteroatoms. The normalized spacial score (nSPS) is 11.3. The lowest BCUT2D eigenvalue weighted by Crippen LogP contribution is -2.13. The molecule has 23 heavy (non-hydrogen) atoms. The highest BCUT2D eigenvalue weighted by atomic mass is 19.4. The van der Waals surface area contributed by atoms with Gasteiger partial charge in [0.15, 0.2) is 0 Å². The zero-order valence-corrected chi connectivity index (χ0v) is 12.4. The second-order valence-electron chi connectivity index (χ2n) is 4.82. The van der Waals surface area contributed by atoms with Crippen molar-refractivity contribution < 1.29 is 27.4 Å². The number of alkyl halides is 3. The van der Waals surface area contributed by atoms with Crippen molar-refractivity contribution in [1.82, 2.24) is 0 Å². The Labute approximate surface area is 131 Å². The van der Waals surface area contributed by atoms with Crippen LogP contribution in [-0.2, 0) is 17.8 Å². The van der Waals surface area contributed by atoms with E-state index in [0.29, 0.717) is 11.3 Å². The Morgan fingerprint density at radius 3 is 2.04 bits per heavy atom. The molecule has 0 aliphatic heterocycles. The van der Waals surface area contributed by atoms with Crippen molar-refractivity contribution in [2.45, 2.75) is 26.3 Å². The zero-order valence-electron chi connectivity index (χ0n) is 12.4. The average Bonchev–Trinajstić information content (AvgIpc) is 2.53. The molecule has 0 saturated carbocycles. The minimum Gasteiger partial charge on any atom is -0.423 e. The molecule has 122 valence electrons. The summed E-state index contributed by atoms with van der Waals surface area (Å²) in [6.07, 6.45) is -3.79. The molecule has 0 fully saturated rings. The van der Waals surface area contributed by atoms with Crippen LogP contribution in [0.1, 0.15) is 28.4 Å². The van der Waals surface area contributed by atoms with Gasteiger partial charge in [-0.2, -0.15) is 0 Å². The highest BCUT2D eigenvalue weighted by molar-refractivity contribution is 5.91. The molecular weight excluding hydrogens is 309 g/mol. The summed E-state index contributed by atoms with van der Waals surface area (Å²) in [5.41, 5.74) is 1.69. The lowest BCUT2D eigenvalue weighted by molar-refractivity contribution is -0.330. The maximum absolute atomic E-state index is 12.0. The first-order chi connectivity index (χ1) is 10.9. The summed E-state index contributed by atoms with van der Waals surface area (Å²) in [6, 6.07) is 12.7. The van der Waals surface area contributed by atoms with Gasteiger partial charge in [-0.25, -0.2) is 4.79 Å². The van der Waals surface area contributed by atoms with Crippen LogP contribution in [0.5, 0.6) is 5.75 Å². The van der Waals surface area contributed by atoms with E-state index < -0.39 is 18.9 Å². The van der Waals surface area contributed by atoms with Crippen LogP contribution in [0.4, 0.5) is 13.2 Å². The van der Waals surface area contributed by atoms with E-state index in [1.807, 2.05) is 19.1 Å². The van der Waals surface area contributed by atoms with Gasteiger partial charge in [-0.1, -0.05) is 31.2 Å². The van der Waals surface area contributed by atoms with Crippen molar-refractivity contribution in [2.24, 2.45) is 0 Å². The van der Waals surface area contributed by atoms with Crippen molar-refractivity contribution >= 4 is 5.97 Å². The van der Waals surface area contributed by atoms with Crippen LogP contribution in [0.25, 0.3) is 0 Å². The number of ether oxygens (including phenoxy) is 2. The van der Waals surface area contributed by atoms with Gasteiger partial charge < -0.3 is 4.74 Å². The molecule has 0 spiro atoms. The summed E-state index contributed by atoms with van der Waals surface area (Å²) in [7, 11) is 0. The topological polar surface area (TPSA) is 35.5 Å². The molecule has 0 bridgehead atoms. The van der Waals surface area contributed by atoms with Crippen LogP contribution >= 0.6 is 0 Å². The summed E-state index contributed by atoms with van der Waals surface area (Å²) in [5.74, 6) is -0.158. The number of hydrogen-bond acceptors (Lipinski definition) is 3. The maximum Gasteiger partial charge on any atom is 0.522 e. The van der Waals surface area contributed by atoms with Gasteiger partial charge in [0, 0.05) is 0 Å². The summed E-state index contributed by atoms with van der Waals surface area (Å²) >= 11 is 0. The second-order valence-corrected chi connectivity index (χ2v) is 4.82. The molecule has 0 atom stereocenters. The van der Waals surface area contributed by atoms with Crippen molar-refractivity contribution in [1.29, 1.82) is 0 Å². The van der Waals surface area contributed by atoms with Crippen LogP contribution < -0.4 is 4.74 Å². The second kappa shape index (κ2) is 7.28. The number of carbonyl (C=O) groups excluding carboxylic acids is 1. The van der Waals surface area contributed by atoms with Gasteiger partial charge in [0.2, 0.25) is 0 Å². The molecule has 0 N–H and O–H groups in total. The Morgan fingerprint density at radius 1 is 0.957 bits per heavy atom. The number of rotatable bonds is 5. The van der Waals surface area contributed by atoms with E-state index in [1.54, 1.807) is 12.1 Å². The van der Waals surface area contributed by atoms with E-state index in [0.717, 1.165) is 12.0 Å². The smallest absolute Gasteiger partial charge is 0.423 e. The van der Waals surface area contributed by atoms with E-state index in [4.69, 9.17) is 4.74 Å². The highest BCUT2D eigenvalue weighted by Gasteiger charge is 2.28. The Balaban J connectivity index is 1.96. The number of benzene rings is 2. The standard InChI is InChI=1S/C17H15F3O3/c1-2-12-5-9-15(10-6-12)23-16(21)14-7-3-13(4-8-14)11-22-17(18,19)20/h3-10H,2,11H2,1H3. The van der Waals surface area contributed by atoms with Crippen LogP contribution in [-0.4, -0.2) is 12.3 Å². The van der Waals surface area contributed by atoms with Gasteiger partial charge in [0.25, 0.3) is 0 Å². The Bertz CT molecular complexity index is 646. The average molecular weight is 324 g/mol. The van der Waals surface area contributed by atoms with E-state index in [2.05, 4.69) is 4.74 Å². The third kappa shape index (κ3) is 5.41. The number of aryl methyl sites for hydroxylation is 1. The van der Waals surface area contributed by atoms with Gasteiger partial charge >= 0.3 is 12.3 Å². The SMILES string of the molecule is CCc1ccc(OC(=O)c2ccc(COC(F)(F)F)cc2)cc1. The predicted octanol–water partition coefficient (Wildman–Crippen LogP) is 4.50. The third-order valence-electron chi connectivity index (χ3n) is 3.13. The fourth-order valence-electron chi connectivity index (χ4n) is 1.86. The molecule has 0 saturated heterocycles. The van der Waals surface area contributed by atoms with Gasteiger partial charge in [0.05, 0.1) is 12.2 Å². The number of halogens is 3. The van der Waals surface area contributed by atoms with E-state index in [-0.39, 0.29) is 5.56 Å². The van der Waals surface area contributed by atoms with Gasteiger partial charge in [-0.05, 0) is 41.8 Å². The third-order valence-corrected chi connectivity index (χ3v) is 3.13. The summed E-state index contributed by atoms with van der Waals surface area (Å²) in [5, 5.41) is 0. The quantitative estimate of drug-likeness (QED) is 0.600. The lowest BCUT2D eigenvalue weighted by Gasteiger charge is -2.08.